The molecule has 14 heavy (non-hydrogen) atoms. The highest BCUT2D eigenvalue weighted by atomic mass is 19.1. The maximum atomic E-state index is 13.4. The van der Waals surface area contributed by atoms with E-state index in [0.717, 1.165) is 6.42 Å². The lowest BCUT2D eigenvalue weighted by atomic mass is 10.3. The maximum Gasteiger partial charge on any atom is 0.404 e. The second-order valence-corrected chi connectivity index (χ2v) is 3.65. The first-order valence-electron chi connectivity index (χ1n) is 5.01. The molecule has 2 N–H and O–H groups in total. The number of carbonyl (C=O) groups is 1. The molecule has 1 heterocycles. The van der Waals surface area contributed by atoms with Crippen LogP contribution < -0.4 is 5.32 Å². The van der Waals surface area contributed by atoms with Gasteiger partial charge in [0.05, 0.1) is 0 Å². The van der Waals surface area contributed by atoms with Crippen LogP contribution in [0.3, 0.4) is 0 Å². The second-order valence-electron chi connectivity index (χ2n) is 3.65. The fraction of sp³-hybridized carbons (Fsp3) is 0.889. The molecule has 5 heteroatoms. The number of alkyl halides is 1. The predicted molar refractivity (Wildman–Crippen MR) is 50.9 cm³/mol. The smallest absolute Gasteiger partial charge is 0.404 e. The van der Waals surface area contributed by atoms with Gasteiger partial charge in [-0.3, -0.25) is 4.90 Å². The van der Waals surface area contributed by atoms with Gasteiger partial charge in [0.2, 0.25) is 0 Å². The Morgan fingerprint density at radius 2 is 2.50 bits per heavy atom. The van der Waals surface area contributed by atoms with Gasteiger partial charge in [0.1, 0.15) is 0 Å². The van der Waals surface area contributed by atoms with Gasteiger partial charge in [-0.25, -0.2) is 9.18 Å². The van der Waals surface area contributed by atoms with Crippen LogP contribution in [0.25, 0.3) is 0 Å². The van der Waals surface area contributed by atoms with Gasteiger partial charge in [0.25, 0.3) is 0 Å². The summed E-state index contributed by atoms with van der Waals surface area (Å²) in [5.74, 6) is 0. The molecule has 0 aromatic heterocycles. The third-order valence-corrected chi connectivity index (χ3v) is 2.47. The zero-order chi connectivity index (χ0) is 10.6. The van der Waals surface area contributed by atoms with Crippen molar-refractivity contribution in [3.8, 4) is 0 Å². The van der Waals surface area contributed by atoms with Gasteiger partial charge in [-0.15, -0.1) is 0 Å². The largest absolute Gasteiger partial charge is 0.465 e. The molecule has 0 aromatic rings. The molecule has 4 nitrogen and oxygen atoms in total. The molecule has 0 bridgehead atoms. The van der Waals surface area contributed by atoms with Crippen molar-refractivity contribution in [2.24, 2.45) is 0 Å². The van der Waals surface area contributed by atoms with E-state index in [1.165, 1.54) is 0 Å². The van der Waals surface area contributed by atoms with E-state index in [4.69, 9.17) is 5.11 Å². The molecule has 82 valence electrons. The van der Waals surface area contributed by atoms with Crippen molar-refractivity contribution in [2.45, 2.75) is 38.5 Å². The zero-order valence-electron chi connectivity index (χ0n) is 8.37. The van der Waals surface area contributed by atoms with Crippen LogP contribution in [0.5, 0.6) is 0 Å². The van der Waals surface area contributed by atoms with Crippen LogP contribution in [0.15, 0.2) is 0 Å². The van der Waals surface area contributed by atoms with Gasteiger partial charge >= 0.3 is 6.09 Å². The Morgan fingerprint density at radius 3 is 3.07 bits per heavy atom. The Labute approximate surface area is 83.1 Å². The van der Waals surface area contributed by atoms with Crippen LogP contribution in [-0.4, -0.2) is 41.5 Å². The molecular weight excluding hydrogens is 187 g/mol. The normalized spacial score (nSPS) is 24.9. The molecule has 0 radical (unpaired) electrons. The van der Waals surface area contributed by atoms with Gasteiger partial charge in [0.15, 0.2) is 6.30 Å². The second kappa shape index (κ2) is 5.14. The van der Waals surface area contributed by atoms with Crippen LogP contribution in [0, 0.1) is 0 Å². The van der Waals surface area contributed by atoms with Crippen molar-refractivity contribution in [2.75, 3.05) is 13.1 Å². The molecule has 1 rings (SSSR count). The fourth-order valence-corrected chi connectivity index (χ4v) is 1.75. The molecular formula is C9H17FN2O2. The Hall–Kier alpha value is -0.840. The first kappa shape index (κ1) is 11.2. The molecule has 1 fully saturated rings. The number of nitrogens with zero attached hydrogens (tertiary/aromatic N) is 1. The SMILES string of the molecule is CCCC(F)N1CCC(NC(=O)O)C1. The first-order valence-corrected chi connectivity index (χ1v) is 5.01. The van der Waals surface area contributed by atoms with Crippen LogP contribution in [0.4, 0.5) is 9.18 Å². The number of likely N-dealkylation sites (tertiary alicyclic amines) is 1. The summed E-state index contributed by atoms with van der Waals surface area (Å²) in [6.45, 7) is 3.08. The minimum absolute atomic E-state index is 0.109. The molecule has 1 saturated heterocycles. The van der Waals surface area contributed by atoms with Gasteiger partial charge in [0, 0.05) is 19.1 Å². The molecule has 1 aliphatic rings. The number of hydrogen-bond acceptors (Lipinski definition) is 2. The van der Waals surface area contributed by atoms with Crippen LogP contribution >= 0.6 is 0 Å². The topological polar surface area (TPSA) is 52.6 Å². The van der Waals surface area contributed by atoms with Crippen molar-refractivity contribution in [3.63, 3.8) is 0 Å². The number of halogens is 1. The average Bonchev–Trinajstić information content (AvgIpc) is 2.52. The lowest BCUT2D eigenvalue weighted by Crippen LogP contribution is -2.38. The molecule has 1 aliphatic heterocycles. The van der Waals surface area contributed by atoms with Crippen molar-refractivity contribution >= 4 is 6.09 Å². The first-order chi connectivity index (χ1) is 6.63. The Bertz CT molecular complexity index is 201. The number of hydrogen-bond donors (Lipinski definition) is 2. The lowest BCUT2D eigenvalue weighted by Gasteiger charge is -2.20. The fourth-order valence-electron chi connectivity index (χ4n) is 1.75. The van der Waals surface area contributed by atoms with E-state index < -0.39 is 12.4 Å². The summed E-state index contributed by atoms with van der Waals surface area (Å²) in [5, 5.41) is 10.9. The standard InChI is InChI=1S/C9H17FN2O2/c1-2-3-8(10)12-5-4-7(6-12)11-9(13)14/h7-8,11H,2-6H2,1H3,(H,13,14). The minimum atomic E-state index is -1.03. The predicted octanol–water partition coefficient (Wildman–Crippen LogP) is 1.42. The van der Waals surface area contributed by atoms with E-state index >= 15 is 0 Å². The monoisotopic (exact) mass is 204 g/mol. The van der Waals surface area contributed by atoms with Crippen LogP contribution in [0.2, 0.25) is 0 Å². The van der Waals surface area contributed by atoms with Crippen LogP contribution in [-0.2, 0) is 0 Å². The maximum absolute atomic E-state index is 13.4. The molecule has 2 unspecified atom stereocenters. The van der Waals surface area contributed by atoms with Gasteiger partial charge in [-0.2, -0.15) is 0 Å². The van der Waals surface area contributed by atoms with E-state index in [2.05, 4.69) is 5.32 Å². The van der Waals surface area contributed by atoms with Crippen molar-refractivity contribution < 1.29 is 14.3 Å². The quantitative estimate of drug-likeness (QED) is 0.681. The number of amides is 1. The summed E-state index contributed by atoms with van der Waals surface area (Å²) < 4.78 is 13.4. The molecule has 0 aromatic carbocycles. The van der Waals surface area contributed by atoms with Crippen LogP contribution in [0.1, 0.15) is 26.2 Å². The van der Waals surface area contributed by atoms with Gasteiger partial charge in [-0.05, 0) is 12.8 Å². The summed E-state index contributed by atoms with van der Waals surface area (Å²) in [6.07, 6.45) is 0.105. The molecule has 0 saturated carbocycles. The van der Waals surface area contributed by atoms with Gasteiger partial charge in [-0.1, -0.05) is 13.3 Å². The summed E-state index contributed by atoms with van der Waals surface area (Å²) in [5.41, 5.74) is 0. The highest BCUT2D eigenvalue weighted by molar-refractivity contribution is 5.64. The molecule has 0 aliphatic carbocycles. The highest BCUT2D eigenvalue weighted by Gasteiger charge is 2.28. The van der Waals surface area contributed by atoms with E-state index in [1.807, 2.05) is 6.92 Å². The summed E-state index contributed by atoms with van der Waals surface area (Å²) in [6, 6.07) is -0.109. The summed E-state index contributed by atoms with van der Waals surface area (Å²) in [7, 11) is 0. The lowest BCUT2D eigenvalue weighted by molar-refractivity contribution is 0.0959. The third kappa shape index (κ3) is 3.14. The van der Waals surface area contributed by atoms with E-state index in [9.17, 15) is 9.18 Å². The Kier molecular flexibility index (Phi) is 4.13. The third-order valence-electron chi connectivity index (χ3n) is 2.47. The van der Waals surface area contributed by atoms with E-state index in [1.54, 1.807) is 4.90 Å². The molecule has 2 atom stereocenters. The zero-order valence-corrected chi connectivity index (χ0v) is 8.37. The van der Waals surface area contributed by atoms with E-state index in [0.29, 0.717) is 25.9 Å². The minimum Gasteiger partial charge on any atom is -0.465 e. The Morgan fingerprint density at radius 1 is 1.79 bits per heavy atom. The number of carboxylic acid groups (broad SMARTS) is 1. The van der Waals surface area contributed by atoms with Crippen molar-refractivity contribution in [1.82, 2.24) is 10.2 Å². The highest BCUT2D eigenvalue weighted by Crippen LogP contribution is 2.16. The number of rotatable bonds is 4. The Balaban J connectivity index is 2.29. The average molecular weight is 204 g/mol. The van der Waals surface area contributed by atoms with Crippen molar-refractivity contribution in [3.05, 3.63) is 0 Å². The molecule has 0 spiro atoms. The number of nitrogens with one attached hydrogen (secondary N) is 1. The van der Waals surface area contributed by atoms with E-state index in [-0.39, 0.29) is 6.04 Å². The summed E-state index contributed by atoms with van der Waals surface area (Å²) >= 11 is 0. The van der Waals surface area contributed by atoms with Crippen molar-refractivity contribution in [1.29, 1.82) is 0 Å². The molecule has 1 amide bonds. The van der Waals surface area contributed by atoms with Gasteiger partial charge < -0.3 is 10.4 Å². The summed E-state index contributed by atoms with van der Waals surface area (Å²) in [4.78, 5) is 12.0.